The summed E-state index contributed by atoms with van der Waals surface area (Å²) in [5.74, 6) is -2.43. The molecule has 1 aromatic carbocycles. The summed E-state index contributed by atoms with van der Waals surface area (Å²) in [4.78, 5) is 51.6. The van der Waals surface area contributed by atoms with E-state index < -0.39 is 54.0 Å². The molecule has 1 aliphatic rings. The molecule has 0 aromatic heterocycles. The highest BCUT2D eigenvalue weighted by Crippen LogP contribution is 2.19. The zero-order valence-corrected chi connectivity index (χ0v) is 20.7. The van der Waals surface area contributed by atoms with E-state index in [2.05, 4.69) is 10.6 Å². The first-order chi connectivity index (χ1) is 16.5. The maximum atomic E-state index is 13.2. The van der Waals surface area contributed by atoms with Crippen LogP contribution in [0.5, 0.6) is 5.75 Å². The summed E-state index contributed by atoms with van der Waals surface area (Å²) in [5.41, 5.74) is 6.57. The van der Waals surface area contributed by atoms with Gasteiger partial charge in [-0.1, -0.05) is 12.1 Å². The smallest absolute Gasteiger partial charge is 0.326 e. The van der Waals surface area contributed by atoms with Crippen LogP contribution in [0.15, 0.2) is 24.3 Å². The number of phenolic OH excluding ortho intramolecular Hbond substituents is 1. The highest BCUT2D eigenvalue weighted by molar-refractivity contribution is 7.98. The Labute approximate surface area is 208 Å². The number of carbonyl (C=O) groups is 4. The zero-order valence-electron chi connectivity index (χ0n) is 19.8. The number of carboxylic acids is 1. The Bertz CT molecular complexity index is 896. The number of phenols is 1. The number of likely N-dealkylation sites (tertiary alicyclic amines) is 1. The van der Waals surface area contributed by atoms with Crippen molar-refractivity contribution in [2.45, 2.75) is 62.9 Å². The molecule has 0 saturated carbocycles. The summed E-state index contributed by atoms with van der Waals surface area (Å²) in [6.07, 6.45) is 1.80. The van der Waals surface area contributed by atoms with Crippen LogP contribution in [0.2, 0.25) is 0 Å². The van der Waals surface area contributed by atoms with Crippen molar-refractivity contribution in [3.8, 4) is 5.75 Å². The molecule has 194 valence electrons. The van der Waals surface area contributed by atoms with Crippen LogP contribution in [0.4, 0.5) is 0 Å². The maximum absolute atomic E-state index is 13.2. The van der Waals surface area contributed by atoms with Crippen LogP contribution in [0.25, 0.3) is 0 Å². The molecule has 12 heteroatoms. The minimum Gasteiger partial charge on any atom is -0.508 e. The molecule has 1 saturated heterocycles. The van der Waals surface area contributed by atoms with Gasteiger partial charge in [-0.25, -0.2) is 4.79 Å². The van der Waals surface area contributed by atoms with Gasteiger partial charge in [0, 0.05) is 13.0 Å². The van der Waals surface area contributed by atoms with Gasteiger partial charge in [-0.15, -0.1) is 0 Å². The first kappa shape index (κ1) is 28.4. The number of aromatic hydroxyl groups is 1. The summed E-state index contributed by atoms with van der Waals surface area (Å²) >= 11 is 1.53. The molecule has 1 heterocycles. The number of carboxylic acid groups (broad SMARTS) is 1. The lowest BCUT2D eigenvalue weighted by Crippen LogP contribution is -2.60. The van der Waals surface area contributed by atoms with E-state index in [1.54, 1.807) is 12.1 Å². The van der Waals surface area contributed by atoms with Crippen LogP contribution in [-0.2, 0) is 25.6 Å². The first-order valence-electron chi connectivity index (χ1n) is 11.4. The normalized spacial score (nSPS) is 18.9. The van der Waals surface area contributed by atoms with Gasteiger partial charge in [-0.3, -0.25) is 14.4 Å². The van der Waals surface area contributed by atoms with Crippen molar-refractivity contribution in [3.05, 3.63) is 29.8 Å². The average molecular weight is 511 g/mol. The van der Waals surface area contributed by atoms with Crippen LogP contribution >= 0.6 is 11.8 Å². The molecule has 1 aromatic rings. The Morgan fingerprint density at radius 2 is 1.83 bits per heavy atom. The van der Waals surface area contributed by atoms with Crippen LogP contribution in [0.1, 0.15) is 31.7 Å². The van der Waals surface area contributed by atoms with Crippen LogP contribution in [0.3, 0.4) is 0 Å². The fraction of sp³-hybridized carbons (Fsp3) is 0.565. The average Bonchev–Trinajstić information content (AvgIpc) is 3.31. The number of nitrogens with one attached hydrogen (secondary N) is 2. The molecule has 35 heavy (non-hydrogen) atoms. The number of rotatable bonds is 12. The summed E-state index contributed by atoms with van der Waals surface area (Å²) in [6.45, 7) is 1.52. The fourth-order valence-corrected chi connectivity index (χ4v) is 4.33. The second-order valence-electron chi connectivity index (χ2n) is 8.57. The first-order valence-corrected chi connectivity index (χ1v) is 12.8. The van der Waals surface area contributed by atoms with Gasteiger partial charge in [-0.05, 0) is 55.9 Å². The number of amides is 3. The van der Waals surface area contributed by atoms with Crippen LogP contribution < -0.4 is 16.4 Å². The number of hydrogen-bond acceptors (Lipinski definition) is 8. The fourth-order valence-electron chi connectivity index (χ4n) is 3.84. The van der Waals surface area contributed by atoms with Crippen molar-refractivity contribution in [2.75, 3.05) is 18.6 Å². The van der Waals surface area contributed by atoms with Crippen molar-refractivity contribution in [2.24, 2.45) is 5.73 Å². The SMILES string of the molecule is CSCCC(N)C(=O)NC(Cc1ccc(O)cc1)C(=O)NC(C(=O)N1CCCC1C(=O)O)C(C)O. The minimum atomic E-state index is -1.40. The Kier molecular flexibility index (Phi) is 10.8. The van der Waals surface area contributed by atoms with Crippen molar-refractivity contribution in [1.82, 2.24) is 15.5 Å². The Morgan fingerprint density at radius 3 is 2.40 bits per heavy atom. The molecular weight excluding hydrogens is 476 g/mol. The quantitative estimate of drug-likeness (QED) is 0.215. The predicted octanol–water partition coefficient (Wildman–Crippen LogP) is -0.559. The molecule has 0 radical (unpaired) electrons. The van der Waals surface area contributed by atoms with Crippen LogP contribution in [-0.4, -0.2) is 92.7 Å². The number of thioether (sulfide) groups is 1. The summed E-state index contributed by atoms with van der Waals surface area (Å²) in [7, 11) is 0. The highest BCUT2D eigenvalue weighted by Gasteiger charge is 2.40. The monoisotopic (exact) mass is 510 g/mol. The van der Waals surface area contributed by atoms with E-state index >= 15 is 0 Å². The lowest BCUT2D eigenvalue weighted by atomic mass is 10.0. The van der Waals surface area contributed by atoms with Crippen molar-refractivity contribution < 1.29 is 34.5 Å². The van der Waals surface area contributed by atoms with Gasteiger partial charge in [0.25, 0.3) is 0 Å². The number of aliphatic hydroxyl groups is 1. The largest absolute Gasteiger partial charge is 0.508 e. The molecule has 5 atom stereocenters. The topological polar surface area (TPSA) is 182 Å². The van der Waals surface area contributed by atoms with E-state index in [-0.39, 0.29) is 25.1 Å². The van der Waals surface area contributed by atoms with Gasteiger partial charge in [0.1, 0.15) is 23.9 Å². The standard InChI is InChI=1S/C23H34N4O7S/c1-13(28)19(22(32)27-10-3-4-18(27)23(33)34)26-21(31)17(12-14-5-7-15(29)8-6-14)25-20(30)16(24)9-11-35-2/h5-8,13,16-19,28-29H,3-4,9-12,24H2,1-2H3,(H,25,30)(H,26,31)(H,33,34). The predicted molar refractivity (Wildman–Crippen MR) is 131 cm³/mol. The third-order valence-electron chi connectivity index (χ3n) is 5.85. The molecule has 0 bridgehead atoms. The molecule has 0 spiro atoms. The number of aliphatic hydroxyl groups excluding tert-OH is 1. The molecule has 3 amide bonds. The molecule has 1 fully saturated rings. The Morgan fingerprint density at radius 1 is 1.17 bits per heavy atom. The Balaban J connectivity index is 2.21. The summed E-state index contributed by atoms with van der Waals surface area (Å²) in [6, 6.07) is 1.68. The van der Waals surface area contributed by atoms with Crippen LogP contribution in [0, 0.1) is 0 Å². The number of carbonyl (C=O) groups excluding carboxylic acids is 3. The van der Waals surface area contributed by atoms with Gasteiger partial charge in [0.05, 0.1) is 12.1 Å². The van der Waals surface area contributed by atoms with E-state index in [9.17, 15) is 34.5 Å². The number of nitrogens with zero attached hydrogens (tertiary/aromatic N) is 1. The molecule has 7 N–H and O–H groups in total. The summed E-state index contributed by atoms with van der Waals surface area (Å²) in [5, 5.41) is 34.3. The zero-order chi connectivity index (χ0) is 26.1. The lowest BCUT2D eigenvalue weighted by molar-refractivity contribution is -0.150. The van der Waals surface area contributed by atoms with Gasteiger partial charge >= 0.3 is 5.97 Å². The van der Waals surface area contributed by atoms with Gasteiger partial charge in [0.2, 0.25) is 17.7 Å². The molecule has 11 nitrogen and oxygen atoms in total. The van der Waals surface area contributed by atoms with Crippen molar-refractivity contribution >= 4 is 35.5 Å². The number of hydrogen-bond donors (Lipinski definition) is 6. The third-order valence-corrected chi connectivity index (χ3v) is 6.49. The number of nitrogens with two attached hydrogens (primary N) is 1. The van der Waals surface area contributed by atoms with E-state index in [1.807, 2.05) is 6.26 Å². The maximum Gasteiger partial charge on any atom is 0.326 e. The minimum absolute atomic E-state index is 0.0370. The second kappa shape index (κ2) is 13.3. The second-order valence-corrected chi connectivity index (χ2v) is 9.56. The van der Waals surface area contributed by atoms with E-state index in [0.717, 1.165) is 4.90 Å². The molecule has 1 aliphatic heterocycles. The van der Waals surface area contributed by atoms with Crippen molar-refractivity contribution in [1.29, 1.82) is 0 Å². The highest BCUT2D eigenvalue weighted by atomic mass is 32.2. The molecular formula is C23H34N4O7S. The summed E-state index contributed by atoms with van der Waals surface area (Å²) < 4.78 is 0. The van der Waals surface area contributed by atoms with Gasteiger partial charge < -0.3 is 36.6 Å². The van der Waals surface area contributed by atoms with E-state index in [1.165, 1.54) is 30.8 Å². The van der Waals surface area contributed by atoms with Crippen molar-refractivity contribution in [3.63, 3.8) is 0 Å². The number of aliphatic carboxylic acids is 1. The number of benzene rings is 1. The van der Waals surface area contributed by atoms with E-state index in [0.29, 0.717) is 24.2 Å². The lowest BCUT2D eigenvalue weighted by Gasteiger charge is -2.30. The molecule has 0 aliphatic carbocycles. The van der Waals surface area contributed by atoms with Gasteiger partial charge in [-0.2, -0.15) is 11.8 Å². The Hall–Kier alpha value is -2.83. The van der Waals surface area contributed by atoms with Gasteiger partial charge in [0.15, 0.2) is 0 Å². The van der Waals surface area contributed by atoms with E-state index in [4.69, 9.17) is 5.73 Å². The molecule has 2 rings (SSSR count). The third kappa shape index (κ3) is 8.11. The molecule has 5 unspecified atom stereocenters.